The largest absolute Gasteiger partial charge is 0.479 e. The molecule has 0 saturated carbocycles. The highest BCUT2D eigenvalue weighted by atomic mass is 17.3. The van der Waals surface area contributed by atoms with Gasteiger partial charge in [-0.15, -0.1) is 0 Å². The molecule has 0 aliphatic carbocycles. The molecule has 0 amide bonds. The Morgan fingerprint density at radius 3 is 1.45 bits per heavy atom. The quantitative estimate of drug-likeness (QED) is 0.101. The van der Waals surface area contributed by atoms with Gasteiger partial charge < -0.3 is 5.11 Å². The van der Waals surface area contributed by atoms with Gasteiger partial charge in [-0.1, -0.05) is 73.6 Å². The standard InChI is InChI=1S/C24H46O6.C8H14O4/c1-9-13-15-19(11-3)21(25)27-29-23(5,6)17-18-24(7,8)30-28-22(26)20(12-4)16-14-10-2;1-3-5-6-8(4-2,7(9)10)12-11-6/h19-20H,9-18H2,1-8H3;6H,3-5H2,1-2H3,(H,9,10). The number of aliphatic carboxylic acids is 1. The number of carboxylic acid groups (broad SMARTS) is 1. The third-order valence-corrected chi connectivity index (χ3v) is 7.76. The van der Waals surface area contributed by atoms with Crippen LogP contribution in [0, 0.1) is 11.8 Å². The van der Waals surface area contributed by atoms with E-state index in [0.29, 0.717) is 19.3 Å². The second kappa shape index (κ2) is 20.3. The van der Waals surface area contributed by atoms with E-state index >= 15 is 0 Å². The summed E-state index contributed by atoms with van der Waals surface area (Å²) in [4.78, 5) is 66.0. The summed E-state index contributed by atoms with van der Waals surface area (Å²) in [6.45, 7) is 19.4. The number of hydrogen-bond acceptors (Lipinski definition) is 9. The number of hydrogen-bond donors (Lipinski definition) is 1. The van der Waals surface area contributed by atoms with E-state index in [4.69, 9.17) is 34.4 Å². The van der Waals surface area contributed by atoms with Crippen molar-refractivity contribution in [1.82, 2.24) is 0 Å². The summed E-state index contributed by atoms with van der Waals surface area (Å²) in [5.41, 5.74) is -2.41. The monoisotopic (exact) mass is 604 g/mol. The topological polar surface area (TPSA) is 127 Å². The first-order valence-corrected chi connectivity index (χ1v) is 16.1. The summed E-state index contributed by atoms with van der Waals surface area (Å²) in [5.74, 6) is -1.78. The second-order valence-corrected chi connectivity index (χ2v) is 12.5. The molecule has 1 heterocycles. The molecule has 1 rings (SSSR count). The number of unbranched alkanes of at least 4 members (excludes halogenated alkanes) is 2. The van der Waals surface area contributed by atoms with Crippen LogP contribution in [-0.2, 0) is 43.7 Å². The smallest absolute Gasteiger partial charge is 0.345 e. The SMILES string of the molecule is CCCC1OOC1(CC)C(=O)O.CCCCC(CC)C(=O)OOC(C)(C)CCC(C)(C)OOC(=O)C(CC)CCCC. The highest BCUT2D eigenvalue weighted by Crippen LogP contribution is 2.36. The van der Waals surface area contributed by atoms with Gasteiger partial charge in [0.05, 0.1) is 11.8 Å². The van der Waals surface area contributed by atoms with E-state index in [0.717, 1.165) is 64.2 Å². The Hall–Kier alpha value is -1.75. The summed E-state index contributed by atoms with van der Waals surface area (Å²) in [7, 11) is 0. The average molecular weight is 605 g/mol. The maximum Gasteiger partial charge on any atom is 0.345 e. The van der Waals surface area contributed by atoms with Gasteiger partial charge in [-0.2, -0.15) is 9.78 Å². The number of carboxylic acids is 1. The van der Waals surface area contributed by atoms with Crippen molar-refractivity contribution in [3.63, 3.8) is 0 Å². The Balaban J connectivity index is 0.00000115. The lowest BCUT2D eigenvalue weighted by molar-refractivity contribution is -0.498. The molecule has 1 aliphatic heterocycles. The van der Waals surface area contributed by atoms with Gasteiger partial charge in [-0.25, -0.2) is 24.2 Å². The predicted molar refractivity (Wildman–Crippen MR) is 160 cm³/mol. The van der Waals surface area contributed by atoms with Crippen LogP contribution in [0.25, 0.3) is 0 Å². The van der Waals surface area contributed by atoms with Crippen molar-refractivity contribution in [2.75, 3.05) is 0 Å². The summed E-state index contributed by atoms with van der Waals surface area (Å²) < 4.78 is 0. The molecule has 1 fully saturated rings. The molecule has 42 heavy (non-hydrogen) atoms. The highest BCUT2D eigenvalue weighted by Gasteiger charge is 2.56. The summed E-state index contributed by atoms with van der Waals surface area (Å²) in [6.07, 6.45) is 10.2. The molecule has 0 bridgehead atoms. The molecule has 0 aromatic heterocycles. The third-order valence-electron chi connectivity index (χ3n) is 7.76. The van der Waals surface area contributed by atoms with E-state index in [-0.39, 0.29) is 29.9 Å². The Labute approximate surface area is 254 Å². The normalized spacial score (nSPS) is 20.0. The van der Waals surface area contributed by atoms with Crippen LogP contribution in [0.3, 0.4) is 0 Å². The van der Waals surface area contributed by atoms with Crippen LogP contribution in [-0.4, -0.2) is 45.9 Å². The van der Waals surface area contributed by atoms with E-state index in [1.807, 2.05) is 48.5 Å². The molecule has 1 N–H and O–H groups in total. The lowest BCUT2D eigenvalue weighted by Gasteiger charge is -2.42. The van der Waals surface area contributed by atoms with E-state index in [9.17, 15) is 14.4 Å². The second-order valence-electron chi connectivity index (χ2n) is 12.5. The van der Waals surface area contributed by atoms with Crippen molar-refractivity contribution in [3.8, 4) is 0 Å². The van der Waals surface area contributed by atoms with Gasteiger partial charge in [0, 0.05) is 0 Å². The van der Waals surface area contributed by atoms with Crippen LogP contribution in [0.5, 0.6) is 0 Å². The molecule has 1 aliphatic rings. The number of carbonyl (C=O) groups excluding carboxylic acids is 2. The zero-order valence-corrected chi connectivity index (χ0v) is 28.0. The molecule has 0 aromatic carbocycles. The first kappa shape index (κ1) is 40.2. The highest BCUT2D eigenvalue weighted by molar-refractivity contribution is 5.79. The van der Waals surface area contributed by atoms with Crippen molar-refractivity contribution in [2.45, 2.75) is 176 Å². The minimum atomic E-state index is -1.07. The van der Waals surface area contributed by atoms with Gasteiger partial charge in [0.15, 0.2) is 0 Å². The fraction of sp³-hybridized carbons (Fsp3) is 0.906. The Bertz CT molecular complexity index is 733. The lowest BCUT2D eigenvalue weighted by Crippen LogP contribution is -2.61. The number of rotatable bonds is 21. The molecule has 10 heteroatoms. The van der Waals surface area contributed by atoms with Crippen molar-refractivity contribution in [1.29, 1.82) is 0 Å². The molecule has 248 valence electrons. The summed E-state index contributed by atoms with van der Waals surface area (Å²) in [6, 6.07) is 0. The summed E-state index contributed by atoms with van der Waals surface area (Å²) >= 11 is 0. The Morgan fingerprint density at radius 2 is 1.19 bits per heavy atom. The molecule has 4 atom stereocenters. The number of carbonyl (C=O) groups is 3. The van der Waals surface area contributed by atoms with Gasteiger partial charge >= 0.3 is 17.9 Å². The first-order valence-electron chi connectivity index (χ1n) is 16.1. The molecule has 0 radical (unpaired) electrons. The predicted octanol–water partition coefficient (Wildman–Crippen LogP) is 8.06. The molecule has 4 unspecified atom stereocenters. The van der Waals surface area contributed by atoms with Crippen LogP contribution in [0.1, 0.15) is 153 Å². The van der Waals surface area contributed by atoms with Gasteiger partial charge in [-0.3, -0.25) is 9.78 Å². The maximum absolute atomic E-state index is 12.2. The van der Waals surface area contributed by atoms with Gasteiger partial charge in [0.2, 0.25) is 5.60 Å². The van der Waals surface area contributed by atoms with Gasteiger partial charge in [-0.05, 0) is 79.1 Å². The average Bonchev–Trinajstić information content (AvgIpc) is 2.94. The zero-order chi connectivity index (χ0) is 32.4. The van der Waals surface area contributed by atoms with E-state index < -0.39 is 22.8 Å². The molecular formula is C32H60O10. The Kier molecular flexibility index (Phi) is 19.4. The summed E-state index contributed by atoms with van der Waals surface area (Å²) in [5, 5.41) is 8.88. The molecule has 1 saturated heterocycles. The van der Waals surface area contributed by atoms with Crippen LogP contribution >= 0.6 is 0 Å². The molecular weight excluding hydrogens is 544 g/mol. The third kappa shape index (κ3) is 14.1. The van der Waals surface area contributed by atoms with E-state index in [1.165, 1.54) is 0 Å². The van der Waals surface area contributed by atoms with Crippen molar-refractivity contribution in [3.05, 3.63) is 0 Å². The van der Waals surface area contributed by atoms with Crippen molar-refractivity contribution >= 4 is 17.9 Å². The lowest BCUT2D eigenvalue weighted by atomic mass is 9.89. The van der Waals surface area contributed by atoms with E-state index in [2.05, 4.69) is 13.8 Å². The molecule has 0 spiro atoms. The minimum Gasteiger partial charge on any atom is -0.479 e. The maximum atomic E-state index is 12.2. The van der Waals surface area contributed by atoms with Crippen LogP contribution in [0.4, 0.5) is 0 Å². The van der Waals surface area contributed by atoms with Crippen molar-refractivity contribution < 1.29 is 48.8 Å². The minimum absolute atomic E-state index is 0.126. The first-order chi connectivity index (χ1) is 19.7. The van der Waals surface area contributed by atoms with Crippen LogP contribution < -0.4 is 0 Å². The Morgan fingerprint density at radius 1 is 0.762 bits per heavy atom. The fourth-order valence-electron chi connectivity index (χ4n) is 4.39. The molecule has 10 nitrogen and oxygen atoms in total. The van der Waals surface area contributed by atoms with Crippen LogP contribution in [0.15, 0.2) is 0 Å². The van der Waals surface area contributed by atoms with Gasteiger partial charge in [0.25, 0.3) is 0 Å². The van der Waals surface area contributed by atoms with Crippen LogP contribution in [0.2, 0.25) is 0 Å². The van der Waals surface area contributed by atoms with E-state index in [1.54, 1.807) is 6.92 Å². The fourth-order valence-corrected chi connectivity index (χ4v) is 4.39. The molecule has 0 aromatic rings. The zero-order valence-electron chi connectivity index (χ0n) is 28.0. The van der Waals surface area contributed by atoms with Crippen molar-refractivity contribution in [2.24, 2.45) is 11.8 Å². The van der Waals surface area contributed by atoms with Gasteiger partial charge in [0.1, 0.15) is 17.3 Å².